The molecular weight excluding hydrogens is 361 g/mol. The lowest BCUT2D eigenvalue weighted by Crippen LogP contribution is -1.87. The summed E-state index contributed by atoms with van der Waals surface area (Å²) in [6, 6.07) is 9.53. The number of nitrogens with two attached hydrogens (primary N) is 1. The van der Waals surface area contributed by atoms with Crippen LogP contribution < -0.4 is 5.73 Å². The normalized spacial score (nSPS) is 10.8. The van der Waals surface area contributed by atoms with Gasteiger partial charge < -0.3 is 10.3 Å². The first-order chi connectivity index (χ1) is 10.0. The molecule has 0 aliphatic heterocycles. The number of benzene rings is 2. The van der Waals surface area contributed by atoms with Crippen LogP contribution in [0.25, 0.3) is 22.8 Å². The first kappa shape index (κ1) is 14.0. The van der Waals surface area contributed by atoms with Crippen LogP contribution in [-0.2, 0) is 0 Å². The summed E-state index contributed by atoms with van der Waals surface area (Å²) in [6.07, 6.45) is 0. The van der Waals surface area contributed by atoms with Crippen LogP contribution in [0.5, 0.6) is 0 Å². The molecule has 2 aromatic carbocycles. The molecule has 2 N–H and O–H groups in total. The van der Waals surface area contributed by atoms with Crippen molar-refractivity contribution in [2.45, 2.75) is 0 Å². The zero-order valence-corrected chi connectivity index (χ0v) is 12.8. The molecular formula is C14H8BrClFN3O. The van der Waals surface area contributed by atoms with Gasteiger partial charge in [0, 0.05) is 11.1 Å². The summed E-state index contributed by atoms with van der Waals surface area (Å²) in [6.45, 7) is 0. The maximum atomic E-state index is 13.2. The van der Waals surface area contributed by atoms with Crippen molar-refractivity contribution in [3.63, 3.8) is 0 Å². The fraction of sp³-hybridized carbons (Fsp3) is 0. The molecule has 0 radical (unpaired) electrons. The quantitative estimate of drug-likeness (QED) is 0.674. The van der Waals surface area contributed by atoms with Gasteiger partial charge in [0.15, 0.2) is 0 Å². The SMILES string of the molecule is Nc1cc(-c2nc(-c3ccc(F)c(Br)c3)no2)ccc1Cl. The number of hydrogen-bond donors (Lipinski definition) is 1. The first-order valence-corrected chi connectivity index (χ1v) is 7.06. The molecule has 1 heterocycles. The zero-order valence-electron chi connectivity index (χ0n) is 10.5. The van der Waals surface area contributed by atoms with Gasteiger partial charge in [-0.05, 0) is 52.3 Å². The van der Waals surface area contributed by atoms with Gasteiger partial charge in [0.1, 0.15) is 5.82 Å². The molecule has 0 amide bonds. The number of halogens is 3. The second kappa shape index (κ2) is 5.46. The highest BCUT2D eigenvalue weighted by atomic mass is 79.9. The predicted octanol–water partition coefficient (Wildman–Crippen LogP) is 4.54. The van der Waals surface area contributed by atoms with Crippen LogP contribution in [-0.4, -0.2) is 10.1 Å². The van der Waals surface area contributed by atoms with E-state index in [4.69, 9.17) is 21.9 Å². The molecule has 3 rings (SSSR count). The molecule has 0 unspecified atom stereocenters. The predicted molar refractivity (Wildman–Crippen MR) is 82.3 cm³/mol. The van der Waals surface area contributed by atoms with Crippen molar-refractivity contribution in [1.29, 1.82) is 0 Å². The third-order valence-corrected chi connectivity index (χ3v) is 3.80. The minimum atomic E-state index is -0.354. The van der Waals surface area contributed by atoms with Gasteiger partial charge in [-0.15, -0.1) is 0 Å². The summed E-state index contributed by atoms with van der Waals surface area (Å²) in [5.74, 6) is 0.320. The van der Waals surface area contributed by atoms with Crippen molar-refractivity contribution < 1.29 is 8.91 Å². The van der Waals surface area contributed by atoms with Crippen LogP contribution in [0.2, 0.25) is 5.02 Å². The molecule has 1 aromatic heterocycles. The van der Waals surface area contributed by atoms with E-state index in [9.17, 15) is 4.39 Å². The Kier molecular flexibility index (Phi) is 3.65. The molecule has 0 bridgehead atoms. The smallest absolute Gasteiger partial charge is 0.258 e. The van der Waals surface area contributed by atoms with Crippen molar-refractivity contribution in [2.75, 3.05) is 5.73 Å². The monoisotopic (exact) mass is 367 g/mol. The minimum absolute atomic E-state index is 0.314. The van der Waals surface area contributed by atoms with Crippen LogP contribution in [0, 0.1) is 5.82 Å². The van der Waals surface area contributed by atoms with Gasteiger partial charge in [0.05, 0.1) is 15.2 Å². The Morgan fingerprint density at radius 2 is 1.90 bits per heavy atom. The summed E-state index contributed by atoms with van der Waals surface area (Å²) in [5, 5.41) is 4.34. The third kappa shape index (κ3) is 2.77. The van der Waals surface area contributed by atoms with Gasteiger partial charge in [0.25, 0.3) is 5.89 Å². The van der Waals surface area contributed by atoms with E-state index in [-0.39, 0.29) is 5.82 Å². The molecule has 21 heavy (non-hydrogen) atoms. The van der Waals surface area contributed by atoms with Crippen LogP contribution in [0.4, 0.5) is 10.1 Å². The third-order valence-electron chi connectivity index (χ3n) is 2.85. The summed E-state index contributed by atoms with van der Waals surface area (Å²) < 4.78 is 18.8. The molecule has 0 atom stereocenters. The van der Waals surface area contributed by atoms with E-state index in [2.05, 4.69) is 26.1 Å². The Morgan fingerprint density at radius 1 is 1.14 bits per heavy atom. The molecule has 0 spiro atoms. The number of anilines is 1. The van der Waals surface area contributed by atoms with Crippen molar-refractivity contribution in [3.05, 3.63) is 51.7 Å². The number of hydrogen-bond acceptors (Lipinski definition) is 4. The second-order valence-electron chi connectivity index (χ2n) is 4.29. The first-order valence-electron chi connectivity index (χ1n) is 5.89. The maximum Gasteiger partial charge on any atom is 0.258 e. The second-order valence-corrected chi connectivity index (χ2v) is 5.55. The average molecular weight is 369 g/mol. The van der Waals surface area contributed by atoms with E-state index < -0.39 is 0 Å². The fourth-order valence-electron chi connectivity index (χ4n) is 1.77. The Balaban J connectivity index is 1.99. The highest BCUT2D eigenvalue weighted by Gasteiger charge is 2.12. The van der Waals surface area contributed by atoms with Crippen LogP contribution >= 0.6 is 27.5 Å². The standard InChI is InChI=1S/C14H8BrClFN3O/c15-9-5-7(2-4-11(9)17)13-19-14(21-20-13)8-1-3-10(16)12(18)6-8/h1-6H,18H2. The number of aromatic nitrogens is 2. The van der Waals surface area contributed by atoms with Crippen molar-refractivity contribution >= 4 is 33.2 Å². The zero-order chi connectivity index (χ0) is 15.0. The van der Waals surface area contributed by atoms with Crippen molar-refractivity contribution in [1.82, 2.24) is 10.1 Å². The fourth-order valence-corrected chi connectivity index (χ4v) is 2.27. The molecule has 0 saturated carbocycles. The Hall–Kier alpha value is -1.92. The Labute approximate surface area is 132 Å². The highest BCUT2D eigenvalue weighted by Crippen LogP contribution is 2.28. The summed E-state index contributed by atoms with van der Waals surface area (Å²) in [7, 11) is 0. The Morgan fingerprint density at radius 3 is 2.62 bits per heavy atom. The molecule has 0 saturated heterocycles. The average Bonchev–Trinajstić information content (AvgIpc) is 2.94. The molecule has 7 heteroatoms. The van der Waals surface area contributed by atoms with Gasteiger partial charge in [0.2, 0.25) is 5.82 Å². The largest absolute Gasteiger partial charge is 0.398 e. The summed E-state index contributed by atoms with van der Waals surface area (Å²) in [4.78, 5) is 4.27. The van der Waals surface area contributed by atoms with E-state index >= 15 is 0 Å². The van der Waals surface area contributed by atoms with Gasteiger partial charge >= 0.3 is 0 Å². The molecule has 4 nitrogen and oxygen atoms in total. The number of nitrogens with zero attached hydrogens (tertiary/aromatic N) is 2. The van der Waals surface area contributed by atoms with Gasteiger partial charge in [-0.1, -0.05) is 16.8 Å². The molecule has 106 valence electrons. The molecule has 3 aromatic rings. The highest BCUT2D eigenvalue weighted by molar-refractivity contribution is 9.10. The van der Waals surface area contributed by atoms with Crippen molar-refractivity contribution in [3.8, 4) is 22.8 Å². The van der Waals surface area contributed by atoms with Crippen LogP contribution in [0.1, 0.15) is 0 Å². The van der Waals surface area contributed by atoms with E-state index in [0.717, 1.165) is 0 Å². The number of nitrogen functional groups attached to an aromatic ring is 1. The lowest BCUT2D eigenvalue weighted by atomic mass is 10.2. The van der Waals surface area contributed by atoms with E-state index in [1.807, 2.05) is 0 Å². The maximum absolute atomic E-state index is 13.2. The van der Waals surface area contributed by atoms with Gasteiger partial charge in [-0.3, -0.25) is 0 Å². The lowest BCUT2D eigenvalue weighted by molar-refractivity contribution is 0.432. The molecule has 0 aliphatic carbocycles. The van der Waals surface area contributed by atoms with E-state index in [0.29, 0.717) is 38.0 Å². The van der Waals surface area contributed by atoms with E-state index in [1.165, 1.54) is 6.07 Å². The summed E-state index contributed by atoms with van der Waals surface area (Å²) in [5.41, 5.74) is 7.47. The topological polar surface area (TPSA) is 64.9 Å². The number of rotatable bonds is 2. The lowest BCUT2D eigenvalue weighted by Gasteiger charge is -1.99. The van der Waals surface area contributed by atoms with Crippen molar-refractivity contribution in [2.24, 2.45) is 0 Å². The molecule has 0 aliphatic rings. The van der Waals surface area contributed by atoms with Gasteiger partial charge in [-0.2, -0.15) is 4.98 Å². The van der Waals surface area contributed by atoms with Crippen LogP contribution in [0.15, 0.2) is 45.4 Å². The Bertz CT molecular complexity index is 756. The van der Waals surface area contributed by atoms with Crippen LogP contribution in [0.3, 0.4) is 0 Å². The van der Waals surface area contributed by atoms with E-state index in [1.54, 1.807) is 30.3 Å². The molecule has 0 fully saturated rings. The van der Waals surface area contributed by atoms with Gasteiger partial charge in [-0.25, -0.2) is 4.39 Å². The summed E-state index contributed by atoms with van der Waals surface area (Å²) >= 11 is 8.99. The minimum Gasteiger partial charge on any atom is -0.398 e.